The molecule has 0 saturated carbocycles. The van der Waals surface area contributed by atoms with Crippen molar-refractivity contribution in [1.82, 2.24) is 4.72 Å². The molecule has 0 unspecified atom stereocenters. The van der Waals surface area contributed by atoms with Gasteiger partial charge < -0.3 is 5.73 Å². The first kappa shape index (κ1) is 19.8. The quantitative estimate of drug-likeness (QED) is 0.786. The average Bonchev–Trinajstić information content (AvgIpc) is 2.39. The van der Waals surface area contributed by atoms with Crippen molar-refractivity contribution in [3.8, 4) is 0 Å². The van der Waals surface area contributed by atoms with Gasteiger partial charge in [-0.15, -0.1) is 12.4 Å². The topological polar surface area (TPSA) is 72.2 Å². The number of benzene rings is 1. The Bertz CT molecular complexity index is 542. The Labute approximate surface area is 133 Å². The molecule has 0 aromatic heterocycles. The molecule has 0 heterocycles. The predicted molar refractivity (Wildman–Crippen MR) is 84.0 cm³/mol. The lowest BCUT2D eigenvalue weighted by atomic mass is 9.95. The van der Waals surface area contributed by atoms with Crippen LogP contribution in [0.4, 0.5) is 4.39 Å². The summed E-state index contributed by atoms with van der Waals surface area (Å²) in [5.74, 6) is -0.798. The van der Waals surface area contributed by atoms with Gasteiger partial charge in [-0.1, -0.05) is 19.9 Å². The number of sulfonamides is 1. The standard InChI is InChI=1S/C12H18BrFN2O2S.ClH/c1-3-12(4-2,8-15)16-19(17,18)10-7-5-6-9(13)11(10)14;/h5-7,16H,3-4,8,15H2,1-2H3;1H. The summed E-state index contributed by atoms with van der Waals surface area (Å²) >= 11 is 2.98. The van der Waals surface area contributed by atoms with Gasteiger partial charge in [0, 0.05) is 12.1 Å². The van der Waals surface area contributed by atoms with Crippen LogP contribution < -0.4 is 10.5 Å². The van der Waals surface area contributed by atoms with Crippen molar-refractivity contribution in [3.63, 3.8) is 0 Å². The number of nitrogens with two attached hydrogens (primary N) is 1. The Morgan fingerprint density at radius 1 is 1.35 bits per heavy atom. The minimum atomic E-state index is -3.94. The molecule has 0 spiro atoms. The van der Waals surface area contributed by atoms with E-state index in [0.717, 1.165) is 0 Å². The molecule has 0 saturated heterocycles. The van der Waals surface area contributed by atoms with Crippen molar-refractivity contribution >= 4 is 38.4 Å². The van der Waals surface area contributed by atoms with Crippen LogP contribution in [0.1, 0.15) is 26.7 Å². The minimum Gasteiger partial charge on any atom is -0.329 e. The summed E-state index contributed by atoms with van der Waals surface area (Å²) in [6.45, 7) is 3.85. The molecule has 8 heteroatoms. The van der Waals surface area contributed by atoms with Crippen LogP contribution in [0.25, 0.3) is 0 Å². The summed E-state index contributed by atoms with van der Waals surface area (Å²) in [5.41, 5.74) is 4.91. The van der Waals surface area contributed by atoms with E-state index in [1.807, 2.05) is 13.8 Å². The van der Waals surface area contributed by atoms with Crippen molar-refractivity contribution in [1.29, 1.82) is 0 Å². The Morgan fingerprint density at radius 2 is 1.90 bits per heavy atom. The van der Waals surface area contributed by atoms with Gasteiger partial charge in [0.2, 0.25) is 10.0 Å². The molecule has 1 aromatic carbocycles. The summed E-state index contributed by atoms with van der Waals surface area (Å²) in [5, 5.41) is 0. The molecule has 4 nitrogen and oxygen atoms in total. The van der Waals surface area contributed by atoms with Crippen LogP contribution >= 0.6 is 28.3 Å². The molecular weight excluding hydrogens is 371 g/mol. The highest BCUT2D eigenvalue weighted by atomic mass is 79.9. The van der Waals surface area contributed by atoms with Gasteiger partial charge in [-0.2, -0.15) is 0 Å². The Morgan fingerprint density at radius 3 is 2.35 bits per heavy atom. The van der Waals surface area contributed by atoms with Crippen molar-refractivity contribution in [2.45, 2.75) is 37.1 Å². The zero-order valence-electron chi connectivity index (χ0n) is 11.3. The predicted octanol–water partition coefficient (Wildman–Crippen LogP) is 2.81. The Kier molecular flexibility index (Phi) is 7.62. The SMILES string of the molecule is CCC(CC)(CN)NS(=O)(=O)c1cccc(Br)c1F.Cl. The van der Waals surface area contributed by atoms with Crippen LogP contribution in [-0.4, -0.2) is 20.5 Å². The van der Waals surface area contributed by atoms with E-state index in [1.54, 1.807) is 0 Å². The number of rotatable bonds is 6. The van der Waals surface area contributed by atoms with Crippen LogP contribution in [0.3, 0.4) is 0 Å². The van der Waals surface area contributed by atoms with Crippen molar-refractivity contribution in [3.05, 3.63) is 28.5 Å². The first-order valence-corrected chi connectivity index (χ1v) is 8.27. The molecule has 0 atom stereocenters. The van der Waals surface area contributed by atoms with Crippen LogP contribution in [0.5, 0.6) is 0 Å². The molecule has 1 aromatic rings. The van der Waals surface area contributed by atoms with Crippen LogP contribution in [-0.2, 0) is 10.0 Å². The van der Waals surface area contributed by atoms with Gasteiger partial charge in [-0.25, -0.2) is 17.5 Å². The summed E-state index contributed by atoms with van der Waals surface area (Å²) < 4.78 is 41.1. The summed E-state index contributed by atoms with van der Waals surface area (Å²) in [7, 11) is -3.94. The summed E-state index contributed by atoms with van der Waals surface area (Å²) in [6, 6.07) is 4.16. The van der Waals surface area contributed by atoms with Crippen LogP contribution in [0, 0.1) is 5.82 Å². The molecule has 20 heavy (non-hydrogen) atoms. The number of hydrogen-bond acceptors (Lipinski definition) is 3. The lowest BCUT2D eigenvalue weighted by molar-refractivity contribution is 0.362. The monoisotopic (exact) mass is 388 g/mol. The van der Waals surface area contributed by atoms with Crippen LogP contribution in [0.15, 0.2) is 27.6 Å². The van der Waals surface area contributed by atoms with E-state index in [-0.39, 0.29) is 28.3 Å². The fourth-order valence-electron chi connectivity index (χ4n) is 1.76. The second-order valence-corrected chi connectivity index (χ2v) is 6.85. The largest absolute Gasteiger partial charge is 0.329 e. The first-order valence-electron chi connectivity index (χ1n) is 6.00. The van der Waals surface area contributed by atoms with Gasteiger partial charge in [-0.05, 0) is 40.9 Å². The molecule has 0 aliphatic heterocycles. The second kappa shape index (κ2) is 7.70. The van der Waals surface area contributed by atoms with Gasteiger partial charge in [0.25, 0.3) is 0 Å². The molecule has 0 amide bonds. The van der Waals surface area contributed by atoms with Gasteiger partial charge in [-0.3, -0.25) is 0 Å². The van der Waals surface area contributed by atoms with Gasteiger partial charge >= 0.3 is 0 Å². The van der Waals surface area contributed by atoms with E-state index in [0.29, 0.717) is 12.8 Å². The molecule has 0 bridgehead atoms. The van der Waals surface area contributed by atoms with E-state index in [4.69, 9.17) is 5.73 Å². The van der Waals surface area contributed by atoms with E-state index in [9.17, 15) is 12.8 Å². The maximum Gasteiger partial charge on any atom is 0.244 e. The first-order chi connectivity index (χ1) is 8.82. The maximum atomic E-state index is 13.9. The minimum absolute atomic E-state index is 0. The average molecular weight is 390 g/mol. The lowest BCUT2D eigenvalue weighted by Crippen LogP contribution is -2.52. The third kappa shape index (κ3) is 4.14. The number of nitrogens with one attached hydrogen (secondary N) is 1. The lowest BCUT2D eigenvalue weighted by Gasteiger charge is -2.31. The van der Waals surface area contributed by atoms with Crippen molar-refractivity contribution in [2.75, 3.05) is 6.54 Å². The zero-order chi connectivity index (χ0) is 14.7. The van der Waals surface area contributed by atoms with Crippen molar-refractivity contribution < 1.29 is 12.8 Å². The third-order valence-corrected chi connectivity index (χ3v) is 5.51. The molecular formula is C12H19BrClFN2O2S. The number of halogens is 3. The maximum absolute atomic E-state index is 13.9. The molecule has 0 fully saturated rings. The van der Waals surface area contributed by atoms with Gasteiger partial charge in [0.15, 0.2) is 5.82 Å². The number of hydrogen-bond donors (Lipinski definition) is 2. The fourth-order valence-corrected chi connectivity index (χ4v) is 3.91. The molecule has 3 N–H and O–H groups in total. The molecule has 1 rings (SSSR count). The van der Waals surface area contributed by atoms with Gasteiger partial charge in [0.1, 0.15) is 4.90 Å². The highest BCUT2D eigenvalue weighted by Crippen LogP contribution is 2.24. The van der Waals surface area contributed by atoms with E-state index in [1.165, 1.54) is 18.2 Å². The highest BCUT2D eigenvalue weighted by molar-refractivity contribution is 9.10. The molecule has 0 aliphatic rings. The van der Waals surface area contributed by atoms with E-state index < -0.39 is 21.4 Å². The zero-order valence-corrected chi connectivity index (χ0v) is 14.5. The van der Waals surface area contributed by atoms with Crippen molar-refractivity contribution in [2.24, 2.45) is 5.73 Å². The van der Waals surface area contributed by atoms with E-state index in [2.05, 4.69) is 20.7 Å². The highest BCUT2D eigenvalue weighted by Gasteiger charge is 2.32. The fraction of sp³-hybridized carbons (Fsp3) is 0.500. The molecule has 0 radical (unpaired) electrons. The molecule has 0 aliphatic carbocycles. The summed E-state index contributed by atoms with van der Waals surface area (Å²) in [6.07, 6.45) is 1.07. The Hall–Kier alpha value is -0.210. The second-order valence-electron chi connectivity index (χ2n) is 4.35. The molecule has 116 valence electrons. The third-order valence-electron chi connectivity index (χ3n) is 3.30. The van der Waals surface area contributed by atoms with Gasteiger partial charge in [0.05, 0.1) is 4.47 Å². The van der Waals surface area contributed by atoms with Crippen LogP contribution in [0.2, 0.25) is 0 Å². The van der Waals surface area contributed by atoms with E-state index >= 15 is 0 Å². The smallest absolute Gasteiger partial charge is 0.244 e. The summed E-state index contributed by atoms with van der Waals surface area (Å²) in [4.78, 5) is -0.374. The normalized spacial score (nSPS) is 12.1. The Balaban J connectivity index is 0.00000361.